The number of rotatable bonds is 6. The van der Waals surface area contributed by atoms with E-state index in [1.54, 1.807) is 23.1 Å². The van der Waals surface area contributed by atoms with E-state index >= 15 is 0 Å². The summed E-state index contributed by atoms with van der Waals surface area (Å²) in [4.78, 5) is 55.3. The van der Waals surface area contributed by atoms with Gasteiger partial charge in [0.05, 0.1) is 17.7 Å². The lowest BCUT2D eigenvalue weighted by Crippen LogP contribution is -2.52. The monoisotopic (exact) mass is 428 g/mol. The molecule has 0 aromatic heterocycles. The summed E-state index contributed by atoms with van der Waals surface area (Å²) in [6.45, 7) is 10.8. The summed E-state index contributed by atoms with van der Waals surface area (Å²) in [6, 6.07) is 4.76. The Balaban J connectivity index is 1.60. The van der Waals surface area contributed by atoms with Crippen LogP contribution in [-0.2, 0) is 4.79 Å². The molecule has 1 aromatic rings. The second-order valence-corrected chi connectivity index (χ2v) is 9.24. The zero-order valence-corrected chi connectivity index (χ0v) is 18.9. The molecule has 2 heterocycles. The van der Waals surface area contributed by atoms with Gasteiger partial charge in [0.25, 0.3) is 17.7 Å². The molecule has 0 saturated carbocycles. The van der Waals surface area contributed by atoms with Gasteiger partial charge < -0.3 is 10.2 Å². The van der Waals surface area contributed by atoms with E-state index in [0.717, 1.165) is 12.8 Å². The minimum absolute atomic E-state index is 0.0262. The summed E-state index contributed by atoms with van der Waals surface area (Å²) >= 11 is 0. The molecule has 1 saturated heterocycles. The number of fused-ring (bicyclic) bond motifs is 1. The highest BCUT2D eigenvalue weighted by Gasteiger charge is 2.36. The largest absolute Gasteiger partial charge is 0.350 e. The molecule has 3 rings (SSSR count). The number of carbonyl (C=O) groups is 4. The molecule has 1 aromatic carbocycles. The van der Waals surface area contributed by atoms with Gasteiger partial charge in [0.1, 0.15) is 0 Å². The maximum absolute atomic E-state index is 13.0. The highest BCUT2D eigenvalue weighted by molar-refractivity contribution is 6.22. The first-order chi connectivity index (χ1) is 14.6. The molecule has 0 unspecified atom stereocenters. The van der Waals surface area contributed by atoms with Crippen LogP contribution in [-0.4, -0.2) is 83.1 Å². The number of hydrogen-bond donors (Lipinski definition) is 1. The summed E-state index contributed by atoms with van der Waals surface area (Å²) in [5.41, 5.74) is 0.820. The molecule has 8 nitrogen and oxygen atoms in total. The molecule has 2 aliphatic rings. The van der Waals surface area contributed by atoms with Crippen LogP contribution in [0.3, 0.4) is 0 Å². The minimum atomic E-state index is -0.321. The number of nitrogens with zero attached hydrogens (tertiary/aromatic N) is 3. The fourth-order valence-corrected chi connectivity index (χ4v) is 3.90. The summed E-state index contributed by atoms with van der Waals surface area (Å²) < 4.78 is 0. The molecule has 168 valence electrons. The lowest BCUT2D eigenvalue weighted by Gasteiger charge is -2.35. The number of imide groups is 1. The molecule has 0 atom stereocenters. The van der Waals surface area contributed by atoms with Crippen molar-refractivity contribution in [3.8, 4) is 0 Å². The van der Waals surface area contributed by atoms with Gasteiger partial charge in [0, 0.05) is 43.8 Å². The van der Waals surface area contributed by atoms with Crippen LogP contribution in [0, 0.1) is 0 Å². The Morgan fingerprint density at radius 3 is 2.26 bits per heavy atom. The van der Waals surface area contributed by atoms with Crippen LogP contribution < -0.4 is 5.32 Å². The molecule has 1 N–H and O–H groups in total. The zero-order valence-electron chi connectivity index (χ0n) is 18.9. The Bertz CT molecular complexity index is 882. The standard InChI is InChI=1S/C23H32N4O4/c1-5-6-9-27-21(30)17-8-7-16(14-18(17)22(27)31)20(29)26-12-10-25(11-13-26)15-19(28)24-23(2,3)4/h7-8,14H,5-6,9-13,15H2,1-4H3,(H,24,28). The van der Waals surface area contributed by atoms with Crippen LogP contribution in [0.25, 0.3) is 0 Å². The highest BCUT2D eigenvalue weighted by Crippen LogP contribution is 2.25. The van der Waals surface area contributed by atoms with E-state index in [4.69, 9.17) is 0 Å². The van der Waals surface area contributed by atoms with Gasteiger partial charge in [-0.2, -0.15) is 0 Å². The summed E-state index contributed by atoms with van der Waals surface area (Å²) in [5, 5.41) is 2.95. The second kappa shape index (κ2) is 9.18. The Hall–Kier alpha value is -2.74. The van der Waals surface area contributed by atoms with Crippen molar-refractivity contribution in [2.45, 2.75) is 46.1 Å². The molecule has 4 amide bonds. The molecule has 31 heavy (non-hydrogen) atoms. The van der Waals surface area contributed by atoms with Crippen molar-refractivity contribution in [3.63, 3.8) is 0 Å². The minimum Gasteiger partial charge on any atom is -0.350 e. The van der Waals surface area contributed by atoms with Gasteiger partial charge in [0.15, 0.2) is 0 Å². The normalized spacial score (nSPS) is 17.2. The van der Waals surface area contributed by atoms with Crippen LogP contribution in [0.1, 0.15) is 71.6 Å². The van der Waals surface area contributed by atoms with E-state index in [9.17, 15) is 19.2 Å². The van der Waals surface area contributed by atoms with Crippen LogP contribution in [0.5, 0.6) is 0 Å². The van der Waals surface area contributed by atoms with Gasteiger partial charge in [-0.1, -0.05) is 13.3 Å². The SMILES string of the molecule is CCCCN1C(=O)c2ccc(C(=O)N3CCN(CC(=O)NC(C)(C)C)CC3)cc2C1=O. The number of benzene rings is 1. The molecule has 2 aliphatic heterocycles. The predicted octanol–water partition coefficient (Wildman–Crippen LogP) is 1.76. The van der Waals surface area contributed by atoms with E-state index < -0.39 is 0 Å². The molecule has 8 heteroatoms. The predicted molar refractivity (Wildman–Crippen MR) is 117 cm³/mol. The van der Waals surface area contributed by atoms with Crippen molar-refractivity contribution < 1.29 is 19.2 Å². The van der Waals surface area contributed by atoms with Crippen LogP contribution >= 0.6 is 0 Å². The van der Waals surface area contributed by atoms with Crippen molar-refractivity contribution in [2.75, 3.05) is 39.3 Å². The Morgan fingerprint density at radius 2 is 1.65 bits per heavy atom. The average molecular weight is 429 g/mol. The van der Waals surface area contributed by atoms with Gasteiger partial charge in [-0.3, -0.25) is 29.0 Å². The van der Waals surface area contributed by atoms with Crippen molar-refractivity contribution in [2.24, 2.45) is 0 Å². The Morgan fingerprint density at radius 1 is 1.00 bits per heavy atom. The third-order valence-electron chi connectivity index (χ3n) is 5.49. The first-order valence-electron chi connectivity index (χ1n) is 10.9. The van der Waals surface area contributed by atoms with E-state index in [-0.39, 0.29) is 29.2 Å². The zero-order chi connectivity index (χ0) is 22.8. The number of piperazine rings is 1. The maximum atomic E-state index is 13.0. The number of amides is 4. The van der Waals surface area contributed by atoms with Gasteiger partial charge in [-0.05, 0) is 45.4 Å². The first kappa shape index (κ1) is 22.9. The van der Waals surface area contributed by atoms with Crippen molar-refractivity contribution >= 4 is 23.6 Å². The fourth-order valence-electron chi connectivity index (χ4n) is 3.90. The molecular formula is C23H32N4O4. The van der Waals surface area contributed by atoms with E-state index in [0.29, 0.717) is 56.0 Å². The number of unbranched alkanes of at least 4 members (excludes halogenated alkanes) is 1. The van der Waals surface area contributed by atoms with Gasteiger partial charge in [-0.15, -0.1) is 0 Å². The molecule has 0 spiro atoms. The first-order valence-corrected chi connectivity index (χ1v) is 10.9. The Kier molecular flexibility index (Phi) is 6.79. The lowest BCUT2D eigenvalue weighted by molar-refractivity contribution is -0.124. The summed E-state index contributed by atoms with van der Waals surface area (Å²) in [7, 11) is 0. The van der Waals surface area contributed by atoms with Gasteiger partial charge in [0.2, 0.25) is 5.91 Å². The highest BCUT2D eigenvalue weighted by atomic mass is 16.2. The quantitative estimate of drug-likeness (QED) is 0.698. The van der Waals surface area contributed by atoms with Gasteiger partial charge >= 0.3 is 0 Å². The fraction of sp³-hybridized carbons (Fsp3) is 0.565. The van der Waals surface area contributed by atoms with Crippen molar-refractivity contribution in [1.82, 2.24) is 20.0 Å². The number of hydrogen-bond acceptors (Lipinski definition) is 5. The van der Waals surface area contributed by atoms with Crippen LogP contribution in [0.2, 0.25) is 0 Å². The third-order valence-corrected chi connectivity index (χ3v) is 5.49. The number of carbonyl (C=O) groups excluding carboxylic acids is 4. The number of nitrogens with one attached hydrogen (secondary N) is 1. The smallest absolute Gasteiger partial charge is 0.261 e. The third kappa shape index (κ3) is 5.31. The van der Waals surface area contributed by atoms with Crippen molar-refractivity contribution in [1.29, 1.82) is 0 Å². The molecule has 0 radical (unpaired) electrons. The Labute approximate surface area is 183 Å². The molecule has 0 bridgehead atoms. The van der Waals surface area contributed by atoms with E-state index in [1.807, 2.05) is 32.6 Å². The summed E-state index contributed by atoms with van der Waals surface area (Å²) in [6.07, 6.45) is 1.65. The van der Waals surface area contributed by atoms with E-state index in [2.05, 4.69) is 5.32 Å². The van der Waals surface area contributed by atoms with E-state index in [1.165, 1.54) is 4.90 Å². The summed E-state index contributed by atoms with van der Waals surface area (Å²) in [5.74, 6) is -0.789. The molecular weight excluding hydrogens is 396 g/mol. The second-order valence-electron chi connectivity index (χ2n) is 9.24. The maximum Gasteiger partial charge on any atom is 0.261 e. The van der Waals surface area contributed by atoms with Crippen LogP contribution in [0.15, 0.2) is 18.2 Å². The molecule has 0 aliphatic carbocycles. The van der Waals surface area contributed by atoms with Crippen molar-refractivity contribution in [3.05, 3.63) is 34.9 Å². The molecule has 1 fully saturated rings. The van der Waals surface area contributed by atoms with Crippen LogP contribution in [0.4, 0.5) is 0 Å². The topological polar surface area (TPSA) is 90.0 Å². The average Bonchev–Trinajstić information content (AvgIpc) is 2.94. The lowest BCUT2D eigenvalue weighted by atomic mass is 10.0. The van der Waals surface area contributed by atoms with Gasteiger partial charge in [-0.25, -0.2) is 0 Å².